The number of thioether (sulfide) groups is 1. The van der Waals surface area contributed by atoms with Gasteiger partial charge in [-0.1, -0.05) is 32.5 Å². The molecule has 6 nitrogen and oxygen atoms in total. The third-order valence-electron chi connectivity index (χ3n) is 2.97. The molecule has 0 atom stereocenters. The van der Waals surface area contributed by atoms with Crippen LogP contribution in [0.4, 0.5) is 0 Å². The summed E-state index contributed by atoms with van der Waals surface area (Å²) in [5.74, 6) is 0.881. The van der Waals surface area contributed by atoms with Crippen molar-refractivity contribution in [2.45, 2.75) is 62.8 Å². The minimum Gasteiger partial charge on any atom is -0.373 e. The molecule has 1 rings (SSSR count). The Hall–Kier alpha value is -0.193. The predicted octanol–water partition coefficient (Wildman–Crippen LogP) is 3.86. The molecule has 0 spiro atoms. The van der Waals surface area contributed by atoms with Crippen LogP contribution in [0.2, 0.25) is 6.04 Å². The monoisotopic (exact) mass is 391 g/mol. The van der Waals surface area contributed by atoms with Crippen molar-refractivity contribution in [3.8, 4) is 0 Å². The Balaban J connectivity index is 2.54. The second kappa shape index (κ2) is 13.1. The van der Waals surface area contributed by atoms with E-state index < -0.39 is 8.80 Å². The molecule has 0 saturated carbocycles. The molecule has 24 heavy (non-hydrogen) atoms. The van der Waals surface area contributed by atoms with E-state index in [4.69, 9.17) is 13.3 Å². The summed E-state index contributed by atoms with van der Waals surface area (Å²) in [6.45, 7) is 8.36. The van der Waals surface area contributed by atoms with E-state index >= 15 is 0 Å². The first kappa shape index (κ1) is 21.8. The van der Waals surface area contributed by atoms with Crippen LogP contribution in [0, 0.1) is 0 Å². The summed E-state index contributed by atoms with van der Waals surface area (Å²) in [4.78, 5) is 12.2. The first-order valence-corrected chi connectivity index (χ1v) is 11.9. The standard InChI is InChI=1S/C15H29N3O3S2Si/c1-4-8-19-24(20-9-5-2,21-10-6-3)12-7-11-23-15-17-13-16-14(22)18-15/h13H,4-12H2,1-3H3,(H,16,17,18,22). The van der Waals surface area contributed by atoms with E-state index in [9.17, 15) is 0 Å². The molecule has 0 radical (unpaired) electrons. The quantitative estimate of drug-likeness (QED) is 0.223. The van der Waals surface area contributed by atoms with Gasteiger partial charge < -0.3 is 13.3 Å². The van der Waals surface area contributed by atoms with Crippen LogP contribution < -0.4 is 0 Å². The third kappa shape index (κ3) is 8.77. The summed E-state index contributed by atoms with van der Waals surface area (Å²) in [7, 11) is -2.59. The molecule has 0 amide bonds. The molecule has 0 aliphatic rings. The molecule has 0 saturated heterocycles. The van der Waals surface area contributed by atoms with Crippen LogP contribution in [0.3, 0.4) is 0 Å². The van der Waals surface area contributed by atoms with Crippen molar-refractivity contribution >= 4 is 33.2 Å². The van der Waals surface area contributed by atoms with Gasteiger partial charge in [0.15, 0.2) is 10.3 Å². The molecular formula is C15H29N3O3S2Si. The Labute approximate surface area is 156 Å². The van der Waals surface area contributed by atoms with Gasteiger partial charge in [-0.15, -0.1) is 12.6 Å². The summed E-state index contributed by atoms with van der Waals surface area (Å²) < 4.78 is 18.3. The second-order valence-corrected chi connectivity index (χ2v) is 9.44. The van der Waals surface area contributed by atoms with E-state index in [1.807, 2.05) is 0 Å². The molecule has 0 fully saturated rings. The van der Waals surface area contributed by atoms with E-state index in [1.165, 1.54) is 6.33 Å². The van der Waals surface area contributed by atoms with Gasteiger partial charge in [0, 0.05) is 31.6 Å². The summed E-state index contributed by atoms with van der Waals surface area (Å²) in [5, 5.41) is 1.14. The Morgan fingerprint density at radius 2 is 1.58 bits per heavy atom. The molecule has 1 aromatic rings. The van der Waals surface area contributed by atoms with E-state index in [2.05, 4.69) is 48.4 Å². The maximum atomic E-state index is 6.09. The summed E-state index contributed by atoms with van der Waals surface area (Å²) in [5.41, 5.74) is 0. The van der Waals surface area contributed by atoms with Crippen LogP contribution in [0.15, 0.2) is 16.6 Å². The topological polar surface area (TPSA) is 66.4 Å². The number of thiol groups is 1. The van der Waals surface area contributed by atoms with Gasteiger partial charge in [0.25, 0.3) is 0 Å². The fraction of sp³-hybridized carbons (Fsp3) is 0.800. The molecule has 9 heteroatoms. The third-order valence-corrected chi connectivity index (χ3v) is 7.03. The van der Waals surface area contributed by atoms with Crippen molar-refractivity contribution in [2.24, 2.45) is 0 Å². The van der Waals surface area contributed by atoms with Gasteiger partial charge in [-0.2, -0.15) is 4.98 Å². The first-order chi connectivity index (χ1) is 11.7. The number of hydrogen-bond acceptors (Lipinski definition) is 8. The Bertz CT molecular complexity index is 436. The van der Waals surface area contributed by atoms with Crippen molar-refractivity contribution in [1.29, 1.82) is 0 Å². The van der Waals surface area contributed by atoms with Crippen LogP contribution >= 0.6 is 24.4 Å². The molecule has 0 aliphatic carbocycles. The highest BCUT2D eigenvalue weighted by molar-refractivity contribution is 7.99. The van der Waals surface area contributed by atoms with Crippen LogP contribution in [-0.4, -0.2) is 49.3 Å². The van der Waals surface area contributed by atoms with E-state index in [0.29, 0.717) is 30.1 Å². The molecule has 0 unspecified atom stereocenters. The normalized spacial score (nSPS) is 11.8. The smallest absolute Gasteiger partial charge is 0.373 e. The van der Waals surface area contributed by atoms with Gasteiger partial charge in [-0.05, 0) is 25.7 Å². The average Bonchev–Trinajstić information content (AvgIpc) is 2.59. The van der Waals surface area contributed by atoms with Gasteiger partial charge in [0.2, 0.25) is 0 Å². The number of nitrogens with zero attached hydrogens (tertiary/aromatic N) is 3. The van der Waals surface area contributed by atoms with Crippen LogP contribution in [0.1, 0.15) is 46.5 Å². The molecule has 0 aromatic carbocycles. The Morgan fingerprint density at radius 3 is 2.08 bits per heavy atom. The lowest BCUT2D eigenvalue weighted by Crippen LogP contribution is -2.46. The van der Waals surface area contributed by atoms with Crippen molar-refractivity contribution in [1.82, 2.24) is 15.0 Å². The second-order valence-electron chi connectivity index (χ2n) is 5.25. The van der Waals surface area contributed by atoms with E-state index in [-0.39, 0.29) is 0 Å². The van der Waals surface area contributed by atoms with Crippen LogP contribution in [-0.2, 0) is 13.3 Å². The van der Waals surface area contributed by atoms with E-state index in [0.717, 1.165) is 37.5 Å². The minimum atomic E-state index is -2.59. The summed E-state index contributed by atoms with van der Waals surface area (Å²) >= 11 is 5.72. The zero-order valence-electron chi connectivity index (χ0n) is 14.9. The van der Waals surface area contributed by atoms with Crippen molar-refractivity contribution in [3.05, 3.63) is 6.33 Å². The maximum Gasteiger partial charge on any atom is 0.500 e. The van der Waals surface area contributed by atoms with Crippen LogP contribution in [0.5, 0.6) is 0 Å². The zero-order valence-corrected chi connectivity index (χ0v) is 17.6. The largest absolute Gasteiger partial charge is 0.500 e. The number of aromatic nitrogens is 3. The lowest BCUT2D eigenvalue weighted by atomic mass is 10.5. The van der Waals surface area contributed by atoms with Gasteiger partial charge in [-0.25, -0.2) is 9.97 Å². The fourth-order valence-electron chi connectivity index (χ4n) is 1.91. The molecule has 1 heterocycles. The molecular weight excluding hydrogens is 362 g/mol. The molecule has 0 N–H and O–H groups in total. The number of rotatable bonds is 14. The molecule has 0 aliphatic heterocycles. The van der Waals surface area contributed by atoms with Gasteiger partial charge in [-0.3, -0.25) is 0 Å². The zero-order chi connectivity index (χ0) is 17.7. The maximum absolute atomic E-state index is 6.09. The SMILES string of the molecule is CCCO[Si](CCCSc1ncnc(S)n1)(OCCC)OCCC. The van der Waals surface area contributed by atoms with Crippen molar-refractivity contribution in [2.75, 3.05) is 25.6 Å². The lowest BCUT2D eigenvalue weighted by Gasteiger charge is -2.29. The van der Waals surface area contributed by atoms with E-state index in [1.54, 1.807) is 11.8 Å². The summed E-state index contributed by atoms with van der Waals surface area (Å²) in [6, 6.07) is 0.818. The molecule has 138 valence electrons. The van der Waals surface area contributed by atoms with Crippen LogP contribution in [0.25, 0.3) is 0 Å². The average molecular weight is 392 g/mol. The molecule has 1 aromatic heterocycles. The lowest BCUT2D eigenvalue weighted by molar-refractivity contribution is 0.0591. The van der Waals surface area contributed by atoms with Crippen molar-refractivity contribution in [3.63, 3.8) is 0 Å². The number of hydrogen-bond donors (Lipinski definition) is 1. The van der Waals surface area contributed by atoms with Gasteiger partial charge in [0.05, 0.1) is 0 Å². The Morgan fingerprint density at radius 1 is 1.00 bits per heavy atom. The molecule has 0 bridgehead atoms. The minimum absolute atomic E-state index is 0.444. The predicted molar refractivity (Wildman–Crippen MR) is 102 cm³/mol. The summed E-state index contributed by atoms with van der Waals surface area (Å²) in [6.07, 6.45) is 5.30. The highest BCUT2D eigenvalue weighted by Crippen LogP contribution is 2.22. The Kier molecular flexibility index (Phi) is 11.9. The van der Waals surface area contributed by atoms with Gasteiger partial charge >= 0.3 is 8.80 Å². The fourth-order valence-corrected chi connectivity index (χ4v) is 5.96. The highest BCUT2D eigenvalue weighted by Gasteiger charge is 2.40. The highest BCUT2D eigenvalue weighted by atomic mass is 32.2. The first-order valence-electron chi connectivity index (χ1n) is 8.58. The van der Waals surface area contributed by atoms with Crippen molar-refractivity contribution < 1.29 is 13.3 Å². The van der Waals surface area contributed by atoms with Gasteiger partial charge in [0.1, 0.15) is 6.33 Å².